The second kappa shape index (κ2) is 7.47. The van der Waals surface area contributed by atoms with E-state index in [-0.39, 0.29) is 17.9 Å². The van der Waals surface area contributed by atoms with Crippen molar-refractivity contribution in [3.8, 4) is 0 Å². The normalized spacial score (nSPS) is 14.6. The predicted octanol–water partition coefficient (Wildman–Crippen LogP) is 4.26. The maximum atomic E-state index is 12.9. The topological polar surface area (TPSA) is 41.1 Å². The molecular formula is C20H23FN2O. The van der Waals surface area contributed by atoms with Gasteiger partial charge in [0.25, 0.3) is 0 Å². The maximum Gasteiger partial charge on any atom is 0.315 e. The van der Waals surface area contributed by atoms with Crippen molar-refractivity contribution in [2.45, 2.75) is 45.2 Å². The smallest absolute Gasteiger partial charge is 0.315 e. The molecule has 0 spiro atoms. The van der Waals surface area contributed by atoms with Crippen LogP contribution in [0.25, 0.3) is 0 Å². The zero-order valence-corrected chi connectivity index (χ0v) is 13.9. The van der Waals surface area contributed by atoms with Gasteiger partial charge in [-0.05, 0) is 67.0 Å². The Morgan fingerprint density at radius 3 is 2.54 bits per heavy atom. The van der Waals surface area contributed by atoms with Crippen LogP contribution in [0.4, 0.5) is 9.18 Å². The highest BCUT2D eigenvalue weighted by molar-refractivity contribution is 5.74. The van der Waals surface area contributed by atoms with Crippen molar-refractivity contribution in [2.75, 3.05) is 0 Å². The molecule has 4 heteroatoms. The third-order valence-electron chi connectivity index (χ3n) is 4.59. The minimum absolute atomic E-state index is 0.0505. The van der Waals surface area contributed by atoms with Crippen LogP contribution in [0.2, 0.25) is 0 Å². The van der Waals surface area contributed by atoms with Crippen molar-refractivity contribution in [3.63, 3.8) is 0 Å². The standard InChI is InChI=1S/C20H23FN2O/c1-14(17-9-8-16-4-2-3-5-18(16)12-17)23-20(24)22-13-15-6-10-19(21)11-7-15/h6-12,14H,2-5,13H2,1H3,(H2,22,23,24). The van der Waals surface area contributed by atoms with Gasteiger partial charge in [0.2, 0.25) is 0 Å². The van der Waals surface area contributed by atoms with Crippen molar-refractivity contribution in [3.05, 3.63) is 70.5 Å². The van der Waals surface area contributed by atoms with Crippen molar-refractivity contribution in [2.24, 2.45) is 0 Å². The van der Waals surface area contributed by atoms with E-state index in [2.05, 4.69) is 28.8 Å². The summed E-state index contributed by atoms with van der Waals surface area (Å²) in [5.41, 5.74) is 4.86. The third kappa shape index (κ3) is 4.13. The molecule has 126 valence electrons. The molecule has 0 bridgehead atoms. The summed E-state index contributed by atoms with van der Waals surface area (Å²) in [5, 5.41) is 5.77. The fourth-order valence-electron chi connectivity index (χ4n) is 3.14. The quantitative estimate of drug-likeness (QED) is 0.866. The summed E-state index contributed by atoms with van der Waals surface area (Å²) in [6, 6.07) is 12.4. The van der Waals surface area contributed by atoms with Crippen LogP contribution in [0.3, 0.4) is 0 Å². The zero-order chi connectivity index (χ0) is 16.9. The average molecular weight is 326 g/mol. The molecule has 2 amide bonds. The van der Waals surface area contributed by atoms with Gasteiger partial charge in [0, 0.05) is 6.54 Å². The predicted molar refractivity (Wildman–Crippen MR) is 93.3 cm³/mol. The minimum Gasteiger partial charge on any atom is -0.334 e. The van der Waals surface area contributed by atoms with Crippen LogP contribution in [0.1, 0.15) is 48.1 Å². The lowest BCUT2D eigenvalue weighted by Crippen LogP contribution is -2.36. The summed E-state index contributed by atoms with van der Waals surface area (Å²) in [6.45, 7) is 2.37. The van der Waals surface area contributed by atoms with Crippen molar-refractivity contribution < 1.29 is 9.18 Å². The monoisotopic (exact) mass is 326 g/mol. The van der Waals surface area contributed by atoms with Crippen molar-refractivity contribution in [1.82, 2.24) is 10.6 Å². The Hall–Kier alpha value is -2.36. The lowest BCUT2D eigenvalue weighted by Gasteiger charge is -2.20. The molecule has 0 saturated heterocycles. The molecule has 0 aromatic heterocycles. The van der Waals surface area contributed by atoms with E-state index in [1.165, 1.54) is 36.1 Å². The van der Waals surface area contributed by atoms with Crippen LogP contribution < -0.4 is 10.6 Å². The van der Waals surface area contributed by atoms with Crippen LogP contribution in [0, 0.1) is 5.82 Å². The molecule has 2 aromatic rings. The number of carbonyl (C=O) groups excluding carboxylic acids is 1. The van der Waals surface area contributed by atoms with Crippen LogP contribution in [-0.2, 0) is 19.4 Å². The molecule has 3 rings (SSSR count). The highest BCUT2D eigenvalue weighted by Gasteiger charge is 2.14. The zero-order valence-electron chi connectivity index (χ0n) is 13.9. The number of hydrogen-bond acceptors (Lipinski definition) is 1. The molecule has 0 fully saturated rings. The van der Waals surface area contributed by atoms with Gasteiger partial charge in [-0.3, -0.25) is 0 Å². The van der Waals surface area contributed by atoms with E-state index in [0.717, 1.165) is 24.0 Å². The first kappa shape index (κ1) is 16.5. The highest BCUT2D eigenvalue weighted by atomic mass is 19.1. The van der Waals surface area contributed by atoms with Gasteiger partial charge in [-0.2, -0.15) is 0 Å². The van der Waals surface area contributed by atoms with Crippen molar-refractivity contribution in [1.29, 1.82) is 0 Å². The molecule has 2 aromatic carbocycles. The van der Waals surface area contributed by atoms with E-state index in [1.54, 1.807) is 12.1 Å². The average Bonchev–Trinajstić information content (AvgIpc) is 2.61. The van der Waals surface area contributed by atoms with Crippen molar-refractivity contribution >= 4 is 6.03 Å². The van der Waals surface area contributed by atoms with E-state index < -0.39 is 0 Å². The van der Waals surface area contributed by atoms with Gasteiger partial charge < -0.3 is 10.6 Å². The lowest BCUT2D eigenvalue weighted by molar-refractivity contribution is 0.237. The summed E-state index contributed by atoms with van der Waals surface area (Å²) in [7, 11) is 0. The largest absolute Gasteiger partial charge is 0.334 e. The fraction of sp³-hybridized carbons (Fsp3) is 0.350. The number of amides is 2. The van der Waals surface area contributed by atoms with Gasteiger partial charge in [0.05, 0.1) is 6.04 Å². The Morgan fingerprint density at radius 1 is 1.08 bits per heavy atom. The number of carbonyl (C=O) groups is 1. The van der Waals surface area contributed by atoms with Gasteiger partial charge in [-0.1, -0.05) is 30.3 Å². The molecule has 3 nitrogen and oxygen atoms in total. The summed E-state index contributed by atoms with van der Waals surface area (Å²) >= 11 is 0. The molecule has 0 saturated carbocycles. The lowest BCUT2D eigenvalue weighted by atomic mass is 9.89. The Kier molecular flexibility index (Phi) is 5.14. The van der Waals surface area contributed by atoms with E-state index in [4.69, 9.17) is 0 Å². The molecule has 0 heterocycles. The number of benzene rings is 2. The number of rotatable bonds is 4. The molecule has 0 radical (unpaired) electrons. The molecular weight excluding hydrogens is 303 g/mol. The first-order chi connectivity index (χ1) is 11.6. The van der Waals surface area contributed by atoms with E-state index in [0.29, 0.717) is 6.54 Å². The molecule has 1 atom stereocenters. The minimum atomic E-state index is -0.274. The third-order valence-corrected chi connectivity index (χ3v) is 4.59. The Bertz CT molecular complexity index is 712. The van der Waals surface area contributed by atoms with Gasteiger partial charge in [-0.25, -0.2) is 9.18 Å². The van der Waals surface area contributed by atoms with Crippen LogP contribution in [-0.4, -0.2) is 6.03 Å². The Balaban J connectivity index is 1.55. The SMILES string of the molecule is CC(NC(=O)NCc1ccc(F)cc1)c1ccc2c(c1)CCCC2. The Labute approximate surface area is 142 Å². The number of fused-ring (bicyclic) bond motifs is 1. The van der Waals surface area contributed by atoms with Crippen LogP contribution in [0.5, 0.6) is 0 Å². The molecule has 2 N–H and O–H groups in total. The summed E-state index contributed by atoms with van der Waals surface area (Å²) < 4.78 is 12.9. The first-order valence-corrected chi connectivity index (χ1v) is 8.52. The van der Waals surface area contributed by atoms with Gasteiger partial charge >= 0.3 is 6.03 Å². The number of halogens is 1. The fourth-order valence-corrected chi connectivity index (χ4v) is 3.14. The summed E-state index contributed by atoms with van der Waals surface area (Å²) in [6.07, 6.45) is 4.81. The molecule has 1 aliphatic rings. The van der Waals surface area contributed by atoms with E-state index >= 15 is 0 Å². The van der Waals surface area contributed by atoms with Gasteiger partial charge in [0.15, 0.2) is 0 Å². The summed E-state index contributed by atoms with van der Waals surface area (Å²) in [5.74, 6) is -0.274. The van der Waals surface area contributed by atoms with E-state index in [1.807, 2.05) is 6.92 Å². The van der Waals surface area contributed by atoms with Gasteiger partial charge in [-0.15, -0.1) is 0 Å². The molecule has 1 aliphatic carbocycles. The molecule has 0 aliphatic heterocycles. The number of urea groups is 1. The number of hydrogen-bond donors (Lipinski definition) is 2. The second-order valence-electron chi connectivity index (χ2n) is 6.41. The van der Waals surface area contributed by atoms with Crippen LogP contribution >= 0.6 is 0 Å². The first-order valence-electron chi connectivity index (χ1n) is 8.52. The summed E-state index contributed by atoms with van der Waals surface area (Å²) in [4.78, 5) is 12.1. The highest BCUT2D eigenvalue weighted by Crippen LogP contribution is 2.24. The molecule has 1 unspecified atom stereocenters. The maximum absolute atomic E-state index is 12.9. The second-order valence-corrected chi connectivity index (χ2v) is 6.41. The molecule has 24 heavy (non-hydrogen) atoms. The van der Waals surface area contributed by atoms with E-state index in [9.17, 15) is 9.18 Å². The number of aryl methyl sites for hydroxylation is 2. The van der Waals surface area contributed by atoms with Crippen LogP contribution in [0.15, 0.2) is 42.5 Å². The Morgan fingerprint density at radius 2 is 1.79 bits per heavy atom. The number of nitrogens with one attached hydrogen (secondary N) is 2. The van der Waals surface area contributed by atoms with Gasteiger partial charge in [0.1, 0.15) is 5.82 Å².